The van der Waals surface area contributed by atoms with Gasteiger partial charge < -0.3 is 9.53 Å². The Morgan fingerprint density at radius 1 is 1.10 bits per heavy atom. The molecule has 0 aliphatic heterocycles. The summed E-state index contributed by atoms with van der Waals surface area (Å²) < 4.78 is 5.49. The van der Waals surface area contributed by atoms with E-state index in [1.807, 2.05) is 30.3 Å². The molecule has 0 saturated carbocycles. The molecule has 0 radical (unpaired) electrons. The van der Waals surface area contributed by atoms with Gasteiger partial charge in [0.2, 0.25) is 0 Å². The summed E-state index contributed by atoms with van der Waals surface area (Å²) in [6.45, 7) is 0.259. The highest BCUT2D eigenvalue weighted by molar-refractivity contribution is 5.58. The van der Waals surface area contributed by atoms with E-state index in [9.17, 15) is 14.9 Å². The zero-order valence-corrected chi connectivity index (χ0v) is 10.7. The fourth-order valence-electron chi connectivity index (χ4n) is 1.79. The highest BCUT2D eigenvalue weighted by atomic mass is 16.6. The van der Waals surface area contributed by atoms with Crippen molar-refractivity contribution in [1.82, 2.24) is 0 Å². The molecule has 0 aromatic heterocycles. The topological polar surface area (TPSA) is 69.4 Å². The molecule has 20 heavy (non-hydrogen) atoms. The van der Waals surface area contributed by atoms with Crippen LogP contribution in [0.5, 0.6) is 5.75 Å². The van der Waals surface area contributed by atoms with Crippen LogP contribution in [0.15, 0.2) is 48.5 Å². The van der Waals surface area contributed by atoms with Crippen LogP contribution in [0, 0.1) is 10.1 Å². The summed E-state index contributed by atoms with van der Waals surface area (Å²) in [6, 6.07) is 14.0. The molecule has 2 aromatic rings. The molecule has 0 amide bonds. The highest BCUT2D eigenvalue weighted by Crippen LogP contribution is 2.28. The van der Waals surface area contributed by atoms with Crippen LogP contribution in [-0.4, -0.2) is 11.2 Å². The maximum absolute atomic E-state index is 11.0. The number of aldehydes is 1. The minimum absolute atomic E-state index is 0.125. The van der Waals surface area contributed by atoms with Crippen molar-refractivity contribution in [2.45, 2.75) is 13.0 Å². The average molecular weight is 271 g/mol. The van der Waals surface area contributed by atoms with Crippen LogP contribution in [0.25, 0.3) is 0 Å². The predicted molar refractivity (Wildman–Crippen MR) is 73.6 cm³/mol. The van der Waals surface area contributed by atoms with Crippen LogP contribution < -0.4 is 4.74 Å². The number of nitrogens with zero attached hydrogens (tertiary/aromatic N) is 1. The molecule has 0 fully saturated rings. The summed E-state index contributed by atoms with van der Waals surface area (Å²) in [4.78, 5) is 21.0. The Bertz CT molecular complexity index is 611. The lowest BCUT2D eigenvalue weighted by Crippen LogP contribution is -2.00. The van der Waals surface area contributed by atoms with Crippen molar-refractivity contribution in [3.8, 4) is 5.75 Å². The van der Waals surface area contributed by atoms with E-state index in [1.54, 1.807) is 6.07 Å². The van der Waals surface area contributed by atoms with E-state index in [0.717, 1.165) is 5.56 Å². The van der Waals surface area contributed by atoms with E-state index in [4.69, 9.17) is 4.74 Å². The number of carbonyl (C=O) groups is 1. The quantitative estimate of drug-likeness (QED) is 0.460. The van der Waals surface area contributed by atoms with E-state index in [1.165, 1.54) is 12.1 Å². The normalized spacial score (nSPS) is 10.0. The Kier molecular flexibility index (Phi) is 4.44. The Hall–Kier alpha value is -2.69. The van der Waals surface area contributed by atoms with Crippen LogP contribution in [-0.2, 0) is 17.8 Å². The first-order valence-electron chi connectivity index (χ1n) is 6.08. The van der Waals surface area contributed by atoms with Gasteiger partial charge >= 0.3 is 5.69 Å². The minimum atomic E-state index is -0.505. The molecule has 0 aliphatic rings. The van der Waals surface area contributed by atoms with Crippen molar-refractivity contribution in [3.05, 3.63) is 69.8 Å². The zero-order valence-electron chi connectivity index (χ0n) is 10.7. The van der Waals surface area contributed by atoms with Gasteiger partial charge in [0, 0.05) is 12.5 Å². The van der Waals surface area contributed by atoms with Gasteiger partial charge in [-0.1, -0.05) is 36.4 Å². The largest absolute Gasteiger partial charge is 0.482 e. The fraction of sp³-hybridized carbons (Fsp3) is 0.133. The molecular formula is C15H13NO4. The number of benzene rings is 2. The van der Waals surface area contributed by atoms with Crippen LogP contribution in [0.1, 0.15) is 11.1 Å². The van der Waals surface area contributed by atoms with E-state index >= 15 is 0 Å². The number of hydrogen-bond donors (Lipinski definition) is 0. The van der Waals surface area contributed by atoms with Gasteiger partial charge in [0.25, 0.3) is 0 Å². The molecule has 0 spiro atoms. The molecule has 2 aromatic carbocycles. The summed E-state index contributed by atoms with van der Waals surface area (Å²) in [6.07, 6.45) is 0.864. The lowest BCUT2D eigenvalue weighted by Gasteiger charge is -2.07. The predicted octanol–water partition coefficient (Wildman–Crippen LogP) is 2.92. The molecule has 5 nitrogen and oxygen atoms in total. The van der Waals surface area contributed by atoms with Gasteiger partial charge in [0.05, 0.1) is 4.92 Å². The summed E-state index contributed by atoms with van der Waals surface area (Å²) in [5.41, 5.74) is 1.40. The first-order valence-corrected chi connectivity index (χ1v) is 6.08. The minimum Gasteiger partial charge on any atom is -0.482 e. The third kappa shape index (κ3) is 3.41. The lowest BCUT2D eigenvalue weighted by molar-refractivity contribution is -0.386. The molecule has 0 unspecified atom stereocenters. The van der Waals surface area contributed by atoms with Crippen molar-refractivity contribution in [1.29, 1.82) is 0 Å². The molecule has 102 valence electrons. The Morgan fingerprint density at radius 2 is 1.85 bits per heavy atom. The second-order valence-corrected chi connectivity index (χ2v) is 4.20. The molecule has 0 saturated heterocycles. The molecular weight excluding hydrogens is 258 g/mol. The van der Waals surface area contributed by atoms with Crippen LogP contribution in [0.3, 0.4) is 0 Å². The Morgan fingerprint density at radius 3 is 2.50 bits per heavy atom. The van der Waals surface area contributed by atoms with Crippen LogP contribution in [0.2, 0.25) is 0 Å². The Labute approximate surface area is 116 Å². The third-order valence-electron chi connectivity index (χ3n) is 2.78. The second kappa shape index (κ2) is 6.47. The summed E-state index contributed by atoms with van der Waals surface area (Å²) in [5, 5.41) is 11.0. The lowest BCUT2D eigenvalue weighted by atomic mass is 10.1. The van der Waals surface area contributed by atoms with Crippen molar-refractivity contribution < 1.29 is 14.5 Å². The molecule has 2 rings (SSSR count). The first-order chi connectivity index (χ1) is 9.70. The third-order valence-corrected chi connectivity index (χ3v) is 2.78. The van der Waals surface area contributed by atoms with E-state index in [0.29, 0.717) is 11.8 Å². The molecule has 5 heteroatoms. The maximum atomic E-state index is 11.0. The molecule has 0 aliphatic carbocycles. The zero-order chi connectivity index (χ0) is 14.4. The number of carbonyl (C=O) groups excluding carboxylic acids is 1. The van der Waals surface area contributed by atoms with Crippen molar-refractivity contribution in [3.63, 3.8) is 0 Å². The van der Waals surface area contributed by atoms with Gasteiger partial charge in [-0.05, 0) is 17.2 Å². The molecule has 0 N–H and O–H groups in total. The molecule has 0 heterocycles. The number of ether oxygens (including phenoxy) is 1. The fourth-order valence-corrected chi connectivity index (χ4v) is 1.79. The van der Waals surface area contributed by atoms with E-state index < -0.39 is 4.92 Å². The number of nitro benzene ring substituents is 1. The van der Waals surface area contributed by atoms with Gasteiger partial charge in [-0.15, -0.1) is 0 Å². The maximum Gasteiger partial charge on any atom is 0.311 e. The monoisotopic (exact) mass is 271 g/mol. The van der Waals surface area contributed by atoms with Crippen molar-refractivity contribution >= 4 is 12.0 Å². The second-order valence-electron chi connectivity index (χ2n) is 4.20. The summed E-state index contributed by atoms with van der Waals surface area (Å²) in [5.74, 6) is 0.202. The van der Waals surface area contributed by atoms with E-state index in [2.05, 4.69) is 0 Å². The van der Waals surface area contributed by atoms with Gasteiger partial charge in [-0.25, -0.2) is 0 Å². The number of hydrogen-bond acceptors (Lipinski definition) is 4. The Balaban J connectivity index is 2.18. The van der Waals surface area contributed by atoms with E-state index in [-0.39, 0.29) is 24.5 Å². The molecule has 0 bridgehead atoms. The smallest absolute Gasteiger partial charge is 0.311 e. The van der Waals surface area contributed by atoms with Gasteiger partial charge in [-0.2, -0.15) is 0 Å². The van der Waals surface area contributed by atoms with Gasteiger partial charge in [0.1, 0.15) is 12.9 Å². The standard InChI is InChI=1S/C15H13NO4/c17-9-8-12-6-7-15(14(10-12)16(18)19)20-11-13-4-2-1-3-5-13/h1-7,9-10H,8,11H2. The van der Waals surface area contributed by atoms with Crippen LogP contribution >= 0.6 is 0 Å². The van der Waals surface area contributed by atoms with Gasteiger partial charge in [0.15, 0.2) is 5.75 Å². The summed E-state index contributed by atoms with van der Waals surface area (Å²) >= 11 is 0. The highest BCUT2D eigenvalue weighted by Gasteiger charge is 2.16. The molecule has 0 atom stereocenters. The van der Waals surface area contributed by atoms with Gasteiger partial charge in [-0.3, -0.25) is 10.1 Å². The number of nitro groups is 1. The number of rotatable bonds is 6. The van der Waals surface area contributed by atoms with Crippen molar-refractivity contribution in [2.24, 2.45) is 0 Å². The first kappa shape index (κ1) is 13.7. The summed E-state index contributed by atoms with van der Waals surface area (Å²) in [7, 11) is 0. The average Bonchev–Trinajstić information content (AvgIpc) is 2.47. The van der Waals surface area contributed by atoms with Crippen LogP contribution in [0.4, 0.5) is 5.69 Å². The SMILES string of the molecule is O=CCc1ccc(OCc2ccccc2)c([N+](=O)[O-])c1. The van der Waals surface area contributed by atoms with Crippen molar-refractivity contribution in [2.75, 3.05) is 0 Å².